The van der Waals surface area contributed by atoms with Gasteiger partial charge in [0.05, 0.1) is 5.92 Å². The Morgan fingerprint density at radius 1 is 1.02 bits per heavy atom. The van der Waals surface area contributed by atoms with Crippen molar-refractivity contribution in [2.75, 3.05) is 24.7 Å². The van der Waals surface area contributed by atoms with Crippen LogP contribution in [0.15, 0.2) is 23.9 Å². The first-order chi connectivity index (χ1) is 20.9. The summed E-state index contributed by atoms with van der Waals surface area (Å²) in [6.45, 7) is 17.2. The van der Waals surface area contributed by atoms with Crippen LogP contribution in [0.25, 0.3) is 5.57 Å². The lowest BCUT2D eigenvalue weighted by Gasteiger charge is -2.70. The van der Waals surface area contributed by atoms with E-state index in [-0.39, 0.29) is 44.8 Å². The van der Waals surface area contributed by atoms with Crippen LogP contribution in [0.3, 0.4) is 0 Å². The summed E-state index contributed by atoms with van der Waals surface area (Å²) >= 11 is 0. The number of carbonyl (C=O) groups is 1. The summed E-state index contributed by atoms with van der Waals surface area (Å²) in [5.41, 5.74) is 13.3. The largest absolute Gasteiger partial charge is 0.481 e. The Hall–Kier alpha value is -2.83. The summed E-state index contributed by atoms with van der Waals surface area (Å²) < 4.78 is 0. The predicted molar refractivity (Wildman–Crippen MR) is 181 cm³/mol. The molecule has 0 bridgehead atoms. The summed E-state index contributed by atoms with van der Waals surface area (Å²) in [5, 5.41) is 18.4. The van der Waals surface area contributed by atoms with Gasteiger partial charge in [-0.15, -0.1) is 0 Å². The molecule has 0 aliphatic heterocycles. The number of aliphatic carboxylic acids is 1. The Morgan fingerprint density at radius 2 is 1.76 bits per heavy atom. The van der Waals surface area contributed by atoms with E-state index >= 15 is 0 Å². The normalized spacial score (nSPS) is 39.5. The van der Waals surface area contributed by atoms with Crippen LogP contribution in [-0.2, 0) is 16.6 Å². The fourth-order valence-electron chi connectivity index (χ4n) is 12.5. The second-order valence-electron chi connectivity index (χ2n) is 18.0. The van der Waals surface area contributed by atoms with Gasteiger partial charge in [-0.1, -0.05) is 54.0 Å². The zero-order valence-corrected chi connectivity index (χ0v) is 29.1. The number of fused-ring (bicyclic) bond motifs is 8. The van der Waals surface area contributed by atoms with Crippen molar-refractivity contribution in [3.05, 3.63) is 40.7 Å². The summed E-state index contributed by atoms with van der Waals surface area (Å²) in [4.78, 5) is 19.8. The maximum Gasteiger partial charge on any atom is 0.306 e. The average molecular weight is 614 g/mol. The van der Waals surface area contributed by atoms with Crippen LogP contribution in [0.2, 0.25) is 0 Å². The molecule has 7 heteroatoms. The van der Waals surface area contributed by atoms with E-state index in [1.807, 2.05) is 14.1 Å². The molecular weight excluding hydrogens is 558 g/mol. The SMILES string of the molecule is CN(C)c1ccc(C2=C3[C@H]4CC(C)(C)C[C@@H](C(=O)O)[C@H]4CC[C@@]3(C)[C@]3(C)CC[C@H]4C(C)(C)c5[nH]nc(N)c5C[C@]4(C)C3C2)cn1. The first-order valence-corrected chi connectivity index (χ1v) is 17.4. The van der Waals surface area contributed by atoms with Crippen LogP contribution < -0.4 is 10.6 Å². The molecule has 8 atom stereocenters. The number of anilines is 2. The van der Waals surface area contributed by atoms with Gasteiger partial charge in [-0.05, 0) is 120 Å². The number of carboxylic acid groups (broad SMARTS) is 1. The van der Waals surface area contributed by atoms with Crippen LogP contribution in [0.4, 0.5) is 11.6 Å². The molecular formula is C38H55N5O2. The molecule has 2 aromatic rings. The van der Waals surface area contributed by atoms with Crippen molar-refractivity contribution < 1.29 is 9.90 Å². The van der Waals surface area contributed by atoms with E-state index in [9.17, 15) is 9.90 Å². The van der Waals surface area contributed by atoms with Gasteiger partial charge in [-0.3, -0.25) is 9.89 Å². The van der Waals surface area contributed by atoms with Crippen molar-refractivity contribution in [2.45, 2.75) is 105 Å². The van der Waals surface area contributed by atoms with E-state index in [0.717, 1.165) is 44.3 Å². The maximum atomic E-state index is 12.8. The van der Waals surface area contributed by atoms with E-state index in [1.54, 1.807) is 5.57 Å². The molecule has 0 amide bonds. The van der Waals surface area contributed by atoms with Crippen LogP contribution in [0.5, 0.6) is 0 Å². The molecule has 5 aliphatic carbocycles. The molecule has 7 rings (SSSR count). The molecule has 7 nitrogen and oxygen atoms in total. The molecule has 0 radical (unpaired) electrons. The topological polar surface area (TPSA) is 108 Å². The minimum Gasteiger partial charge on any atom is -0.481 e. The predicted octanol–water partition coefficient (Wildman–Crippen LogP) is 7.74. The van der Waals surface area contributed by atoms with Crippen molar-refractivity contribution in [1.29, 1.82) is 0 Å². The number of aromatic amines is 1. The van der Waals surface area contributed by atoms with E-state index < -0.39 is 5.97 Å². The number of carboxylic acids is 1. The van der Waals surface area contributed by atoms with Crippen LogP contribution in [0.1, 0.15) is 110 Å². The monoisotopic (exact) mass is 613 g/mol. The number of nitrogen functional groups attached to an aromatic ring is 1. The third kappa shape index (κ3) is 4.10. The van der Waals surface area contributed by atoms with Gasteiger partial charge >= 0.3 is 5.97 Å². The van der Waals surface area contributed by atoms with Gasteiger partial charge in [0.25, 0.3) is 0 Å². The average Bonchev–Trinajstić information content (AvgIpc) is 3.32. The number of rotatable bonds is 3. The van der Waals surface area contributed by atoms with Crippen molar-refractivity contribution in [3.63, 3.8) is 0 Å². The summed E-state index contributed by atoms with van der Waals surface area (Å²) in [6.07, 6.45) is 10.3. The number of hydrogen-bond acceptors (Lipinski definition) is 5. The van der Waals surface area contributed by atoms with Crippen LogP contribution in [0, 0.1) is 51.2 Å². The molecule has 3 fully saturated rings. The molecule has 2 aromatic heterocycles. The summed E-state index contributed by atoms with van der Waals surface area (Å²) in [7, 11) is 4.08. The van der Waals surface area contributed by atoms with Gasteiger partial charge in [0.15, 0.2) is 0 Å². The molecule has 0 saturated heterocycles. The fraction of sp³-hybridized carbons (Fsp3) is 0.711. The number of nitrogens with two attached hydrogens (primary N) is 1. The molecule has 45 heavy (non-hydrogen) atoms. The van der Waals surface area contributed by atoms with Gasteiger partial charge in [-0.25, -0.2) is 4.98 Å². The maximum absolute atomic E-state index is 12.8. The summed E-state index contributed by atoms with van der Waals surface area (Å²) in [5.74, 6) is 2.16. The molecule has 1 unspecified atom stereocenters. The highest BCUT2D eigenvalue weighted by molar-refractivity contribution is 5.75. The van der Waals surface area contributed by atoms with Gasteiger partial charge in [0.1, 0.15) is 11.6 Å². The van der Waals surface area contributed by atoms with Crippen molar-refractivity contribution in [1.82, 2.24) is 15.2 Å². The summed E-state index contributed by atoms with van der Waals surface area (Å²) in [6, 6.07) is 4.45. The number of aromatic nitrogens is 3. The van der Waals surface area contributed by atoms with Crippen molar-refractivity contribution >= 4 is 23.2 Å². The molecule has 3 saturated carbocycles. The molecule has 5 aliphatic rings. The van der Waals surface area contributed by atoms with E-state index in [0.29, 0.717) is 17.7 Å². The van der Waals surface area contributed by atoms with E-state index in [2.05, 4.69) is 81.9 Å². The third-order valence-electron chi connectivity index (χ3n) is 14.7. The van der Waals surface area contributed by atoms with Crippen LogP contribution in [-0.4, -0.2) is 40.4 Å². The van der Waals surface area contributed by atoms with Gasteiger partial charge in [-0.2, -0.15) is 5.10 Å². The molecule has 0 aromatic carbocycles. The fourth-order valence-corrected chi connectivity index (χ4v) is 12.5. The zero-order chi connectivity index (χ0) is 32.5. The number of H-pyrrole nitrogens is 1. The number of allylic oxidation sites excluding steroid dienone is 2. The minimum absolute atomic E-state index is 0.0163. The van der Waals surface area contributed by atoms with E-state index in [1.165, 1.54) is 35.2 Å². The van der Waals surface area contributed by atoms with Crippen molar-refractivity contribution in [3.8, 4) is 0 Å². The van der Waals surface area contributed by atoms with Crippen molar-refractivity contribution in [2.24, 2.45) is 51.2 Å². The zero-order valence-electron chi connectivity index (χ0n) is 29.1. The first kappa shape index (κ1) is 30.8. The Morgan fingerprint density at radius 3 is 2.40 bits per heavy atom. The quantitative estimate of drug-likeness (QED) is 0.327. The first-order valence-electron chi connectivity index (χ1n) is 17.4. The lowest BCUT2D eigenvalue weighted by Crippen LogP contribution is -2.64. The highest BCUT2D eigenvalue weighted by Gasteiger charge is 2.68. The van der Waals surface area contributed by atoms with E-state index in [4.69, 9.17) is 10.7 Å². The molecule has 244 valence electrons. The van der Waals surface area contributed by atoms with Gasteiger partial charge in [0.2, 0.25) is 0 Å². The van der Waals surface area contributed by atoms with Crippen LogP contribution >= 0.6 is 0 Å². The molecule has 2 heterocycles. The molecule has 4 N–H and O–H groups in total. The Labute approximate surface area is 269 Å². The highest BCUT2D eigenvalue weighted by atomic mass is 16.4. The molecule has 0 spiro atoms. The Kier molecular flexibility index (Phi) is 6.57. The van der Waals surface area contributed by atoms with Gasteiger partial charge < -0.3 is 15.7 Å². The second kappa shape index (κ2) is 9.60. The number of pyridine rings is 1. The highest BCUT2D eigenvalue weighted by Crippen LogP contribution is 2.76. The Bertz CT molecular complexity index is 1570. The number of nitrogens with one attached hydrogen (secondary N) is 1. The second-order valence-corrected chi connectivity index (χ2v) is 18.0. The number of nitrogens with zero attached hydrogens (tertiary/aromatic N) is 3. The lowest BCUT2D eigenvalue weighted by molar-refractivity contribution is -0.161. The number of hydrogen-bond donors (Lipinski definition) is 3. The standard InChI is InChI=1S/C38H55N5O2/c1-34(2)17-24-22(25(18-34)33(44)45)12-14-38(7)30(24)23(21-10-11-29(40-20-21)43(8)9)16-28-36(5)19-26-31(41-42-32(26)39)35(3,4)27(36)13-15-37(28,38)6/h10-11,20,22,24-25,27-28H,12-19H2,1-9H3,(H,44,45)(H3,39,41,42)/t22-,24-,25+,27-,28?,36-,37+,38+/m0/s1. The lowest BCUT2D eigenvalue weighted by atomic mass is 9.33. The minimum atomic E-state index is -0.605. The Balaban J connectivity index is 1.45. The van der Waals surface area contributed by atoms with Gasteiger partial charge in [0, 0.05) is 37.0 Å². The smallest absolute Gasteiger partial charge is 0.306 e. The third-order valence-corrected chi connectivity index (χ3v) is 14.7.